The summed E-state index contributed by atoms with van der Waals surface area (Å²) < 4.78 is 11.8. The fourth-order valence-electron chi connectivity index (χ4n) is 5.34. The Labute approximate surface area is 201 Å². The number of nitrogen functional groups attached to an aromatic ring is 1. The molecule has 0 saturated carbocycles. The molecule has 1 aromatic heterocycles. The smallest absolute Gasteiger partial charge is 0.199 e. The average molecular weight is 459 g/mol. The van der Waals surface area contributed by atoms with Crippen LogP contribution in [-0.2, 0) is 0 Å². The van der Waals surface area contributed by atoms with Crippen LogP contribution in [0.3, 0.4) is 0 Å². The molecule has 3 heterocycles. The van der Waals surface area contributed by atoms with Crippen molar-refractivity contribution in [2.45, 2.75) is 57.9 Å². The zero-order valence-corrected chi connectivity index (χ0v) is 20.0. The summed E-state index contributed by atoms with van der Waals surface area (Å²) in [4.78, 5) is 15.9. The summed E-state index contributed by atoms with van der Waals surface area (Å²) in [5.41, 5.74) is 10.5. The van der Waals surface area contributed by atoms with Crippen LogP contribution in [0.15, 0.2) is 53.0 Å². The van der Waals surface area contributed by atoms with Crippen LogP contribution in [0.2, 0.25) is 0 Å². The number of benzene rings is 2. The number of nitrogens with zero attached hydrogens (tertiary/aromatic N) is 1. The molecule has 1 unspecified atom stereocenters. The third kappa shape index (κ3) is 4.62. The van der Waals surface area contributed by atoms with E-state index in [9.17, 15) is 4.79 Å². The number of ether oxygens (including phenoxy) is 1. The predicted molar refractivity (Wildman–Crippen MR) is 137 cm³/mol. The molecule has 2 N–H and O–H groups in total. The zero-order chi connectivity index (χ0) is 23.5. The lowest BCUT2D eigenvalue weighted by molar-refractivity contribution is 0.103. The van der Waals surface area contributed by atoms with Crippen molar-refractivity contribution >= 4 is 28.2 Å². The molecule has 178 valence electrons. The molecule has 2 aliphatic rings. The Morgan fingerprint density at radius 3 is 2.91 bits per heavy atom. The summed E-state index contributed by atoms with van der Waals surface area (Å²) >= 11 is 0. The Hall–Kier alpha value is -3.05. The summed E-state index contributed by atoms with van der Waals surface area (Å²) in [6.07, 6.45) is 10.4. The van der Waals surface area contributed by atoms with Gasteiger partial charge in [-0.1, -0.05) is 44.4 Å². The molecule has 5 heteroatoms. The normalized spacial score (nSPS) is 18.1. The Balaban J connectivity index is 1.38. The van der Waals surface area contributed by atoms with Crippen molar-refractivity contribution in [3.63, 3.8) is 0 Å². The molecule has 5 rings (SSSR count). The molecule has 1 saturated heterocycles. The molecular weight excluding hydrogens is 424 g/mol. The number of rotatable bonds is 9. The van der Waals surface area contributed by atoms with Gasteiger partial charge < -0.3 is 14.9 Å². The van der Waals surface area contributed by atoms with Gasteiger partial charge >= 0.3 is 0 Å². The van der Waals surface area contributed by atoms with Crippen LogP contribution in [0.4, 0.5) is 5.88 Å². The van der Waals surface area contributed by atoms with Crippen molar-refractivity contribution in [1.29, 1.82) is 0 Å². The van der Waals surface area contributed by atoms with Gasteiger partial charge in [0.1, 0.15) is 11.3 Å². The van der Waals surface area contributed by atoms with Crippen LogP contribution >= 0.6 is 0 Å². The maximum Gasteiger partial charge on any atom is 0.199 e. The monoisotopic (exact) mass is 458 g/mol. The number of anilines is 1. The number of nitrogens with two attached hydrogens (primary N) is 1. The number of furan rings is 1. The summed E-state index contributed by atoms with van der Waals surface area (Å²) in [6.45, 7) is 5.00. The fourth-order valence-corrected chi connectivity index (χ4v) is 5.34. The minimum absolute atomic E-state index is 0.0244. The van der Waals surface area contributed by atoms with Gasteiger partial charge in [-0.3, -0.25) is 9.69 Å². The Morgan fingerprint density at radius 1 is 1.15 bits per heavy atom. The van der Waals surface area contributed by atoms with Crippen molar-refractivity contribution in [2.75, 3.05) is 25.4 Å². The van der Waals surface area contributed by atoms with Crippen molar-refractivity contribution in [3.05, 3.63) is 65.2 Å². The fraction of sp³-hybridized carbons (Fsp3) is 0.414. The van der Waals surface area contributed by atoms with E-state index >= 15 is 0 Å². The van der Waals surface area contributed by atoms with Crippen LogP contribution in [-0.4, -0.2) is 36.4 Å². The third-order valence-corrected chi connectivity index (χ3v) is 7.19. The first-order chi connectivity index (χ1) is 16.6. The number of carbonyl (C=O) groups excluding carboxylic acids is 1. The van der Waals surface area contributed by atoms with Crippen molar-refractivity contribution < 1.29 is 13.9 Å². The van der Waals surface area contributed by atoms with E-state index in [0.29, 0.717) is 29.7 Å². The lowest BCUT2D eigenvalue weighted by Crippen LogP contribution is -2.32. The highest BCUT2D eigenvalue weighted by atomic mass is 16.5. The number of hydrogen-bond donors (Lipinski definition) is 1. The number of carbonyl (C=O) groups is 1. The van der Waals surface area contributed by atoms with Gasteiger partial charge in [0.25, 0.3) is 0 Å². The first-order valence-corrected chi connectivity index (χ1v) is 12.7. The van der Waals surface area contributed by atoms with Crippen LogP contribution < -0.4 is 10.5 Å². The Morgan fingerprint density at radius 2 is 2.03 bits per heavy atom. The standard InChI is InChI=1S/C29H34N2O3/c1-2-3-4-5-16-33-24-10-6-8-21(18-24)28(32)22-11-12-26-25(19-22)27(29(30)34-26)20-13-15-31-14-7-9-23(31)17-20/h6,8,10-13,18-19,23H,2-5,7,9,14-17,30H2,1H3. The second-order valence-corrected chi connectivity index (χ2v) is 9.54. The summed E-state index contributed by atoms with van der Waals surface area (Å²) in [5.74, 6) is 1.16. The van der Waals surface area contributed by atoms with E-state index in [1.807, 2.05) is 42.5 Å². The largest absolute Gasteiger partial charge is 0.494 e. The maximum absolute atomic E-state index is 13.4. The number of ketones is 1. The van der Waals surface area contributed by atoms with Gasteiger partial charge in [-0.05, 0) is 68.1 Å². The van der Waals surface area contributed by atoms with Gasteiger partial charge in [0.15, 0.2) is 11.7 Å². The SMILES string of the molecule is CCCCCCOc1cccc(C(=O)c2ccc3oc(N)c(C4=CCN5CCCC5C4)c3c2)c1. The molecule has 0 spiro atoms. The van der Waals surface area contributed by atoms with Gasteiger partial charge in [-0.15, -0.1) is 0 Å². The quantitative estimate of drug-likeness (QED) is 0.294. The van der Waals surface area contributed by atoms with Gasteiger partial charge in [0.2, 0.25) is 0 Å². The lowest BCUT2D eigenvalue weighted by Gasteiger charge is -2.29. The molecule has 1 atom stereocenters. The van der Waals surface area contributed by atoms with E-state index in [1.165, 1.54) is 44.2 Å². The summed E-state index contributed by atoms with van der Waals surface area (Å²) in [5, 5.41) is 0.921. The van der Waals surface area contributed by atoms with E-state index in [2.05, 4.69) is 17.9 Å². The van der Waals surface area contributed by atoms with Crippen molar-refractivity contribution in [1.82, 2.24) is 4.90 Å². The van der Waals surface area contributed by atoms with E-state index in [4.69, 9.17) is 14.9 Å². The van der Waals surface area contributed by atoms with Gasteiger partial charge in [-0.2, -0.15) is 0 Å². The van der Waals surface area contributed by atoms with Gasteiger partial charge in [-0.25, -0.2) is 0 Å². The molecule has 0 radical (unpaired) electrons. The Bertz CT molecular complexity index is 1210. The molecule has 1 fully saturated rings. The van der Waals surface area contributed by atoms with Gasteiger partial charge in [0.05, 0.1) is 6.61 Å². The first-order valence-electron chi connectivity index (χ1n) is 12.7. The highest BCUT2D eigenvalue weighted by Crippen LogP contribution is 2.40. The number of fused-ring (bicyclic) bond motifs is 2. The second kappa shape index (κ2) is 10.1. The van der Waals surface area contributed by atoms with Crippen LogP contribution in [0.1, 0.15) is 73.4 Å². The predicted octanol–water partition coefficient (Wildman–Crippen LogP) is 6.46. The molecule has 2 aromatic carbocycles. The zero-order valence-electron chi connectivity index (χ0n) is 20.0. The van der Waals surface area contributed by atoms with Crippen LogP contribution in [0.5, 0.6) is 5.75 Å². The lowest BCUT2D eigenvalue weighted by atomic mass is 9.92. The highest BCUT2D eigenvalue weighted by Gasteiger charge is 2.30. The molecule has 0 bridgehead atoms. The van der Waals surface area contributed by atoms with Crippen molar-refractivity contribution in [3.8, 4) is 5.75 Å². The first kappa shape index (κ1) is 22.7. The Kier molecular flexibility index (Phi) is 6.73. The number of hydrogen-bond acceptors (Lipinski definition) is 5. The molecule has 0 aliphatic carbocycles. The number of unbranched alkanes of at least 4 members (excludes halogenated alkanes) is 3. The van der Waals surface area contributed by atoms with Crippen LogP contribution in [0.25, 0.3) is 16.5 Å². The minimum atomic E-state index is -0.0244. The highest BCUT2D eigenvalue weighted by molar-refractivity contribution is 6.11. The average Bonchev–Trinajstić information content (AvgIpc) is 3.46. The summed E-state index contributed by atoms with van der Waals surface area (Å²) in [7, 11) is 0. The summed E-state index contributed by atoms with van der Waals surface area (Å²) in [6, 6.07) is 13.7. The van der Waals surface area contributed by atoms with Gasteiger partial charge in [0, 0.05) is 34.7 Å². The molecule has 5 nitrogen and oxygen atoms in total. The topological polar surface area (TPSA) is 68.7 Å². The molecule has 3 aromatic rings. The molecule has 0 amide bonds. The molecule has 34 heavy (non-hydrogen) atoms. The maximum atomic E-state index is 13.4. The van der Waals surface area contributed by atoms with E-state index in [1.54, 1.807) is 0 Å². The van der Waals surface area contributed by atoms with Crippen LogP contribution in [0, 0.1) is 0 Å². The van der Waals surface area contributed by atoms with E-state index in [0.717, 1.165) is 41.7 Å². The minimum Gasteiger partial charge on any atom is -0.494 e. The molecule has 2 aliphatic heterocycles. The van der Waals surface area contributed by atoms with Crippen molar-refractivity contribution in [2.24, 2.45) is 0 Å². The second-order valence-electron chi connectivity index (χ2n) is 9.54. The molecular formula is C29H34N2O3. The third-order valence-electron chi connectivity index (χ3n) is 7.19. The van der Waals surface area contributed by atoms with E-state index < -0.39 is 0 Å². The van der Waals surface area contributed by atoms with E-state index in [-0.39, 0.29) is 5.78 Å².